The lowest BCUT2D eigenvalue weighted by Gasteiger charge is -2.15. The van der Waals surface area contributed by atoms with E-state index in [1.54, 1.807) is 48.5 Å². The summed E-state index contributed by atoms with van der Waals surface area (Å²) in [5.41, 5.74) is 1.44. The number of benzene rings is 2. The number of esters is 1. The van der Waals surface area contributed by atoms with Crippen molar-refractivity contribution >= 4 is 23.4 Å². The van der Waals surface area contributed by atoms with Gasteiger partial charge in [0.1, 0.15) is 5.75 Å². The van der Waals surface area contributed by atoms with E-state index in [4.69, 9.17) is 9.47 Å². The Labute approximate surface area is 180 Å². The van der Waals surface area contributed by atoms with Crippen molar-refractivity contribution in [2.75, 3.05) is 13.2 Å². The van der Waals surface area contributed by atoms with E-state index in [1.807, 2.05) is 13.8 Å². The third-order valence-corrected chi connectivity index (χ3v) is 4.73. The molecule has 0 bridgehead atoms. The number of ether oxygens (including phenoxy) is 2. The van der Waals surface area contributed by atoms with Gasteiger partial charge in [0.25, 0.3) is 11.8 Å². The number of imide groups is 1. The van der Waals surface area contributed by atoms with Crippen molar-refractivity contribution in [2.24, 2.45) is 0 Å². The van der Waals surface area contributed by atoms with Crippen LogP contribution in [-0.2, 0) is 20.9 Å². The van der Waals surface area contributed by atoms with E-state index >= 15 is 0 Å². The predicted octanol–water partition coefficient (Wildman–Crippen LogP) is 3.88. The molecular weight excluding hydrogens is 398 g/mol. The molecule has 2 aromatic carbocycles. The molecule has 0 aromatic heterocycles. The number of rotatable bonds is 9. The molecule has 1 heterocycles. The summed E-state index contributed by atoms with van der Waals surface area (Å²) in [7, 11) is 0. The fourth-order valence-corrected chi connectivity index (χ4v) is 3.11. The van der Waals surface area contributed by atoms with Gasteiger partial charge in [-0.1, -0.05) is 38.1 Å². The zero-order chi connectivity index (χ0) is 22.4. The van der Waals surface area contributed by atoms with E-state index in [2.05, 4.69) is 0 Å². The van der Waals surface area contributed by atoms with Crippen LogP contribution in [0.2, 0.25) is 0 Å². The second-order valence-electron chi connectivity index (χ2n) is 7.13. The molecule has 0 atom stereocenters. The Morgan fingerprint density at radius 3 is 2.16 bits per heavy atom. The van der Waals surface area contributed by atoms with Crippen LogP contribution in [0.4, 0.5) is 0 Å². The summed E-state index contributed by atoms with van der Waals surface area (Å²) in [6.07, 6.45) is 1.60. The van der Waals surface area contributed by atoms with E-state index in [1.165, 1.54) is 0 Å². The Bertz CT molecular complexity index is 992. The number of hydrogen-bond acceptors (Lipinski definition) is 6. The lowest BCUT2D eigenvalue weighted by molar-refractivity contribution is -0.138. The third-order valence-electron chi connectivity index (χ3n) is 4.73. The molecule has 2 amide bonds. The summed E-state index contributed by atoms with van der Waals surface area (Å²) in [6.45, 7) is 4.81. The third kappa shape index (κ3) is 4.94. The maximum atomic E-state index is 12.9. The molecule has 0 fully saturated rings. The Morgan fingerprint density at radius 2 is 1.55 bits per heavy atom. The predicted molar refractivity (Wildman–Crippen MR) is 114 cm³/mol. The first kappa shape index (κ1) is 22.1. The smallest absolute Gasteiger partial charge is 0.338 e. The van der Waals surface area contributed by atoms with Gasteiger partial charge >= 0.3 is 5.97 Å². The lowest BCUT2D eigenvalue weighted by Crippen LogP contribution is -2.31. The van der Waals surface area contributed by atoms with Crippen molar-refractivity contribution in [3.63, 3.8) is 0 Å². The molecule has 1 N–H and O–H groups in total. The molecule has 0 unspecified atom stereocenters. The number of aliphatic hydroxyl groups excluding tert-OH is 1. The van der Waals surface area contributed by atoms with Gasteiger partial charge in [-0.3, -0.25) is 14.5 Å². The second-order valence-corrected chi connectivity index (χ2v) is 7.13. The molecule has 0 saturated carbocycles. The molecule has 0 saturated heterocycles. The first-order valence-corrected chi connectivity index (χ1v) is 10.2. The summed E-state index contributed by atoms with van der Waals surface area (Å²) in [5.74, 6) is -1.67. The van der Waals surface area contributed by atoms with Crippen LogP contribution in [0.15, 0.2) is 54.3 Å². The van der Waals surface area contributed by atoms with Crippen molar-refractivity contribution in [1.29, 1.82) is 0 Å². The van der Waals surface area contributed by atoms with Gasteiger partial charge in [-0.25, -0.2) is 4.79 Å². The maximum Gasteiger partial charge on any atom is 0.338 e. The highest BCUT2D eigenvalue weighted by Crippen LogP contribution is 2.30. The Kier molecular flexibility index (Phi) is 7.07. The summed E-state index contributed by atoms with van der Waals surface area (Å²) < 4.78 is 10.6. The first-order valence-electron chi connectivity index (χ1n) is 10.2. The zero-order valence-corrected chi connectivity index (χ0v) is 17.6. The van der Waals surface area contributed by atoms with Gasteiger partial charge in [0, 0.05) is 0 Å². The molecule has 1 aliphatic rings. The number of carbonyl (C=O) groups excluding carboxylic acids is 3. The second kappa shape index (κ2) is 9.93. The molecule has 7 heteroatoms. The van der Waals surface area contributed by atoms with Crippen LogP contribution < -0.4 is 4.74 Å². The van der Waals surface area contributed by atoms with Gasteiger partial charge in [0.15, 0.2) is 5.76 Å². The van der Waals surface area contributed by atoms with E-state index in [-0.39, 0.29) is 12.1 Å². The molecule has 31 heavy (non-hydrogen) atoms. The standard InChI is InChI=1S/C24H25NO6/c1-3-13-30-19-11-9-17(10-12-19)20-21(26)23(28)25(22(20)27)15-16-5-7-18(8-6-16)24(29)31-14-4-2/h5-12,26H,3-4,13-15H2,1-2H3. The monoisotopic (exact) mass is 423 g/mol. The molecule has 0 spiro atoms. The molecule has 3 rings (SSSR count). The average molecular weight is 423 g/mol. The van der Waals surface area contributed by atoms with Crippen LogP contribution in [-0.4, -0.2) is 41.0 Å². The van der Waals surface area contributed by atoms with Crippen LogP contribution in [0.5, 0.6) is 5.75 Å². The van der Waals surface area contributed by atoms with Crippen molar-refractivity contribution in [3.05, 3.63) is 71.0 Å². The number of amides is 2. The molecular formula is C24H25NO6. The molecule has 1 aliphatic heterocycles. The van der Waals surface area contributed by atoms with Crippen LogP contribution in [0.1, 0.15) is 48.2 Å². The fraction of sp³-hybridized carbons (Fsp3) is 0.292. The number of hydrogen-bond donors (Lipinski definition) is 1. The minimum atomic E-state index is -0.752. The lowest BCUT2D eigenvalue weighted by atomic mass is 10.1. The first-order chi connectivity index (χ1) is 15.0. The highest BCUT2D eigenvalue weighted by molar-refractivity contribution is 6.34. The van der Waals surface area contributed by atoms with Gasteiger partial charge in [-0.2, -0.15) is 0 Å². The topological polar surface area (TPSA) is 93.1 Å². The minimum absolute atomic E-state index is 0.0206. The fourth-order valence-electron chi connectivity index (χ4n) is 3.11. The van der Waals surface area contributed by atoms with Crippen molar-refractivity contribution in [1.82, 2.24) is 4.90 Å². The van der Waals surface area contributed by atoms with Crippen LogP contribution in [0.25, 0.3) is 5.57 Å². The van der Waals surface area contributed by atoms with E-state index in [9.17, 15) is 19.5 Å². The molecule has 0 aliphatic carbocycles. The van der Waals surface area contributed by atoms with Gasteiger partial charge in [0.2, 0.25) is 0 Å². The Morgan fingerprint density at radius 1 is 0.903 bits per heavy atom. The molecule has 0 radical (unpaired) electrons. The van der Waals surface area contributed by atoms with Crippen LogP contribution in [0.3, 0.4) is 0 Å². The van der Waals surface area contributed by atoms with Crippen LogP contribution >= 0.6 is 0 Å². The highest BCUT2D eigenvalue weighted by Gasteiger charge is 2.39. The van der Waals surface area contributed by atoms with Crippen molar-refractivity contribution in [3.8, 4) is 5.75 Å². The summed E-state index contributed by atoms with van der Waals surface area (Å²) >= 11 is 0. The van der Waals surface area contributed by atoms with Crippen LogP contribution in [0, 0.1) is 0 Å². The summed E-state index contributed by atoms with van der Waals surface area (Å²) in [5, 5.41) is 10.3. The minimum Gasteiger partial charge on any atom is -0.502 e. The van der Waals surface area contributed by atoms with E-state index in [0.717, 1.165) is 17.7 Å². The quantitative estimate of drug-likeness (QED) is 0.486. The number of nitrogens with zero attached hydrogens (tertiary/aromatic N) is 1. The Balaban J connectivity index is 1.71. The average Bonchev–Trinajstić information content (AvgIpc) is 3.00. The van der Waals surface area contributed by atoms with Gasteiger partial charge in [-0.05, 0) is 48.2 Å². The zero-order valence-electron chi connectivity index (χ0n) is 17.6. The SMILES string of the molecule is CCCOC(=O)c1ccc(CN2C(=O)C(O)=C(c3ccc(OCCC)cc3)C2=O)cc1. The largest absolute Gasteiger partial charge is 0.502 e. The Hall–Kier alpha value is -3.61. The normalized spacial score (nSPS) is 13.7. The highest BCUT2D eigenvalue weighted by atomic mass is 16.5. The van der Waals surface area contributed by atoms with Gasteiger partial charge in [-0.15, -0.1) is 0 Å². The van der Waals surface area contributed by atoms with E-state index < -0.39 is 23.5 Å². The molecule has 162 valence electrons. The molecule has 7 nitrogen and oxygen atoms in total. The number of carbonyl (C=O) groups is 3. The van der Waals surface area contributed by atoms with Gasteiger partial charge < -0.3 is 14.6 Å². The van der Waals surface area contributed by atoms with E-state index in [0.29, 0.717) is 35.7 Å². The maximum absolute atomic E-state index is 12.9. The molecule has 2 aromatic rings. The summed E-state index contributed by atoms with van der Waals surface area (Å²) in [6, 6.07) is 13.1. The summed E-state index contributed by atoms with van der Waals surface area (Å²) in [4.78, 5) is 38.2. The number of aliphatic hydroxyl groups is 1. The van der Waals surface area contributed by atoms with Crippen molar-refractivity contribution in [2.45, 2.75) is 33.2 Å². The van der Waals surface area contributed by atoms with Gasteiger partial charge in [0.05, 0.1) is 30.9 Å². The van der Waals surface area contributed by atoms with Crippen molar-refractivity contribution < 1.29 is 29.0 Å².